The summed E-state index contributed by atoms with van der Waals surface area (Å²) in [6.45, 7) is 3.46. The molecule has 0 spiro atoms. The van der Waals surface area contributed by atoms with Crippen LogP contribution in [0, 0.1) is 12.8 Å². The number of aryl methyl sites for hydroxylation is 2. The number of nitrogens with zero attached hydrogens (tertiary/aromatic N) is 4. The largest absolute Gasteiger partial charge is 0.315 e. The molecule has 2 aromatic heterocycles. The normalized spacial score (nSPS) is 18.9. The lowest BCUT2D eigenvalue weighted by atomic mass is 9.90. The van der Waals surface area contributed by atoms with Crippen LogP contribution in [0.3, 0.4) is 0 Å². The van der Waals surface area contributed by atoms with Crippen molar-refractivity contribution >= 4 is 24.1 Å². The van der Waals surface area contributed by atoms with Crippen molar-refractivity contribution in [2.75, 3.05) is 18.4 Å². The lowest BCUT2D eigenvalue weighted by Crippen LogP contribution is -2.29. The number of rotatable bonds is 4. The second kappa shape index (κ2) is 7.94. The predicted molar refractivity (Wildman–Crippen MR) is 106 cm³/mol. The van der Waals surface area contributed by atoms with E-state index in [0.29, 0.717) is 12.4 Å². The average molecular weight is 387 g/mol. The molecule has 8 heteroatoms. The van der Waals surface area contributed by atoms with Gasteiger partial charge < -0.3 is 10.6 Å². The lowest BCUT2D eigenvalue weighted by Gasteiger charge is -2.18. The Morgan fingerprint density at radius 3 is 2.78 bits per heavy atom. The Morgan fingerprint density at radius 1 is 1.22 bits per heavy atom. The fraction of sp³-hybridized carbons (Fsp3) is 0.316. The molecule has 1 saturated heterocycles. The molecule has 1 aliphatic heterocycles. The Balaban J connectivity index is 0.00000210. The van der Waals surface area contributed by atoms with Gasteiger partial charge in [-0.3, -0.25) is 9.48 Å². The van der Waals surface area contributed by atoms with Crippen LogP contribution < -0.4 is 10.6 Å². The van der Waals surface area contributed by atoms with Crippen molar-refractivity contribution in [1.82, 2.24) is 24.9 Å². The molecule has 1 aliphatic rings. The highest BCUT2D eigenvalue weighted by Gasteiger charge is 2.35. The summed E-state index contributed by atoms with van der Waals surface area (Å²) in [7, 11) is 1.89. The molecule has 0 unspecified atom stereocenters. The summed E-state index contributed by atoms with van der Waals surface area (Å²) in [5.41, 5.74) is 3.15. The van der Waals surface area contributed by atoms with Crippen LogP contribution >= 0.6 is 12.4 Å². The van der Waals surface area contributed by atoms with Gasteiger partial charge in [0.2, 0.25) is 5.91 Å². The minimum Gasteiger partial charge on any atom is -0.315 e. The maximum absolute atomic E-state index is 13.0. The first-order chi connectivity index (χ1) is 12.6. The van der Waals surface area contributed by atoms with Crippen LogP contribution in [0.25, 0.3) is 5.69 Å². The van der Waals surface area contributed by atoms with Crippen LogP contribution in [0.1, 0.15) is 17.0 Å². The molecule has 0 saturated carbocycles. The van der Waals surface area contributed by atoms with Crippen molar-refractivity contribution < 1.29 is 4.79 Å². The average Bonchev–Trinajstić information content (AvgIpc) is 3.35. The lowest BCUT2D eigenvalue weighted by molar-refractivity contribution is -0.119. The Labute approximate surface area is 164 Å². The summed E-state index contributed by atoms with van der Waals surface area (Å²) in [6, 6.07) is 9.81. The molecule has 2 atom stereocenters. The number of carbonyl (C=O) groups excluding carboxylic acids is 1. The Hall–Kier alpha value is -2.64. The molecule has 1 amide bonds. The third-order valence-electron chi connectivity index (χ3n) is 4.94. The molecule has 27 heavy (non-hydrogen) atoms. The first kappa shape index (κ1) is 19.1. The number of nitrogens with one attached hydrogen (secondary N) is 2. The van der Waals surface area contributed by atoms with Gasteiger partial charge in [0.05, 0.1) is 24.0 Å². The van der Waals surface area contributed by atoms with Gasteiger partial charge in [-0.05, 0) is 24.1 Å². The molecule has 1 fully saturated rings. The minimum absolute atomic E-state index is 0. The Bertz CT molecular complexity index is 934. The van der Waals surface area contributed by atoms with Crippen LogP contribution in [0.4, 0.5) is 5.82 Å². The third-order valence-corrected chi connectivity index (χ3v) is 4.94. The van der Waals surface area contributed by atoms with Crippen molar-refractivity contribution in [3.63, 3.8) is 0 Å². The zero-order chi connectivity index (χ0) is 18.1. The molecule has 142 valence electrons. The van der Waals surface area contributed by atoms with E-state index >= 15 is 0 Å². The van der Waals surface area contributed by atoms with E-state index in [1.54, 1.807) is 15.6 Å². The minimum atomic E-state index is -0.139. The SMILES string of the molecule is Cc1ccccc1-n1nccc1NC(=O)[C@H]1CNC[C@@H]1c1cnn(C)c1.Cl. The number of hydrogen-bond donors (Lipinski definition) is 2. The standard InChI is InChI=1S/C19H22N6O.ClH/c1-13-5-3-4-6-17(13)25-18(7-8-21-25)23-19(26)16-11-20-10-15(16)14-9-22-24(2)12-14;/h3-9,12,15-16,20H,10-11H2,1-2H3,(H,23,26);1H/t15-,16+;/m1./s1. The quantitative estimate of drug-likeness (QED) is 0.721. The van der Waals surface area contributed by atoms with E-state index < -0.39 is 0 Å². The molecule has 0 aliphatic carbocycles. The van der Waals surface area contributed by atoms with E-state index in [-0.39, 0.29) is 30.2 Å². The van der Waals surface area contributed by atoms with Gasteiger partial charge in [0.15, 0.2) is 0 Å². The number of para-hydroxylation sites is 1. The second-order valence-corrected chi connectivity index (χ2v) is 6.72. The molecule has 1 aromatic carbocycles. The van der Waals surface area contributed by atoms with Gasteiger partial charge in [-0.15, -0.1) is 12.4 Å². The summed E-state index contributed by atoms with van der Waals surface area (Å²) >= 11 is 0. The number of benzene rings is 1. The van der Waals surface area contributed by atoms with Crippen LogP contribution in [0.5, 0.6) is 0 Å². The summed E-state index contributed by atoms with van der Waals surface area (Å²) in [5, 5.41) is 15.0. The van der Waals surface area contributed by atoms with Gasteiger partial charge in [0, 0.05) is 38.3 Å². The van der Waals surface area contributed by atoms with E-state index in [0.717, 1.165) is 23.4 Å². The zero-order valence-electron chi connectivity index (χ0n) is 15.3. The molecular weight excluding hydrogens is 364 g/mol. The maximum atomic E-state index is 13.0. The van der Waals surface area contributed by atoms with Gasteiger partial charge in [-0.1, -0.05) is 18.2 Å². The molecule has 3 heterocycles. The monoisotopic (exact) mass is 386 g/mol. The van der Waals surface area contributed by atoms with Gasteiger partial charge in [-0.25, -0.2) is 4.68 Å². The van der Waals surface area contributed by atoms with E-state index in [9.17, 15) is 4.79 Å². The summed E-state index contributed by atoms with van der Waals surface area (Å²) in [6.07, 6.45) is 5.53. The fourth-order valence-electron chi connectivity index (χ4n) is 3.55. The van der Waals surface area contributed by atoms with Crippen LogP contribution in [-0.2, 0) is 11.8 Å². The predicted octanol–water partition coefficient (Wildman–Crippen LogP) is 2.28. The van der Waals surface area contributed by atoms with Crippen molar-refractivity contribution in [3.05, 3.63) is 60.0 Å². The number of amides is 1. The molecular formula is C19H23ClN6O. The third kappa shape index (κ3) is 3.74. The van der Waals surface area contributed by atoms with Gasteiger partial charge in [0.1, 0.15) is 5.82 Å². The highest BCUT2D eigenvalue weighted by atomic mass is 35.5. The van der Waals surface area contributed by atoms with Crippen molar-refractivity contribution in [3.8, 4) is 5.69 Å². The number of hydrogen-bond acceptors (Lipinski definition) is 4. The number of aromatic nitrogens is 4. The fourth-order valence-corrected chi connectivity index (χ4v) is 3.55. The molecule has 0 bridgehead atoms. The van der Waals surface area contributed by atoms with Crippen LogP contribution in [-0.4, -0.2) is 38.6 Å². The number of halogens is 1. The molecule has 3 aromatic rings. The first-order valence-electron chi connectivity index (χ1n) is 8.73. The van der Waals surface area contributed by atoms with Crippen molar-refractivity contribution in [2.24, 2.45) is 13.0 Å². The summed E-state index contributed by atoms with van der Waals surface area (Å²) in [5.74, 6) is 0.665. The van der Waals surface area contributed by atoms with E-state index in [4.69, 9.17) is 0 Å². The topological polar surface area (TPSA) is 76.8 Å². The van der Waals surface area contributed by atoms with E-state index in [1.165, 1.54) is 0 Å². The van der Waals surface area contributed by atoms with Crippen molar-refractivity contribution in [2.45, 2.75) is 12.8 Å². The number of anilines is 1. The first-order valence-corrected chi connectivity index (χ1v) is 8.73. The van der Waals surface area contributed by atoms with Gasteiger partial charge >= 0.3 is 0 Å². The van der Waals surface area contributed by atoms with Gasteiger partial charge in [0.25, 0.3) is 0 Å². The van der Waals surface area contributed by atoms with Crippen LogP contribution in [0.2, 0.25) is 0 Å². The summed E-state index contributed by atoms with van der Waals surface area (Å²) < 4.78 is 3.55. The highest BCUT2D eigenvalue weighted by molar-refractivity contribution is 5.93. The van der Waals surface area contributed by atoms with Gasteiger partial charge in [-0.2, -0.15) is 10.2 Å². The molecule has 4 rings (SSSR count). The highest BCUT2D eigenvalue weighted by Crippen LogP contribution is 2.29. The van der Waals surface area contributed by atoms with Crippen LogP contribution in [0.15, 0.2) is 48.9 Å². The molecule has 0 radical (unpaired) electrons. The maximum Gasteiger partial charge on any atom is 0.230 e. The van der Waals surface area contributed by atoms with Crippen molar-refractivity contribution in [1.29, 1.82) is 0 Å². The Morgan fingerprint density at radius 2 is 2.04 bits per heavy atom. The van der Waals surface area contributed by atoms with E-state index in [2.05, 4.69) is 20.8 Å². The van der Waals surface area contributed by atoms with E-state index in [1.807, 2.05) is 56.7 Å². The number of carbonyl (C=O) groups is 1. The zero-order valence-corrected chi connectivity index (χ0v) is 16.1. The molecule has 2 N–H and O–H groups in total. The summed E-state index contributed by atoms with van der Waals surface area (Å²) in [4.78, 5) is 13.0. The smallest absolute Gasteiger partial charge is 0.230 e. The Kier molecular flexibility index (Phi) is 5.62. The molecule has 7 nitrogen and oxygen atoms in total. The second-order valence-electron chi connectivity index (χ2n) is 6.72.